The molecule has 0 spiro atoms. The first-order chi connectivity index (χ1) is 41.0. The molecule has 0 aliphatic carbocycles. The SMILES string of the molecule is Cc1cc(Nc2ncc(Cl)c(Nc3ccccc3S(=O)(=O)C(C)C)n2)c(OC(C)C)cc1C1CCN(C(=O)OCc2ccccc2)CC1.Cc1cc(Nc2ncc(Cl)c(Nc3ccccc3S(=O)(=O)C(C)C)n2)c(OC(C)C)cc1C1CCNCC1. The minimum atomic E-state index is -3.56. The summed E-state index contributed by atoms with van der Waals surface area (Å²) in [5.41, 5.74) is 7.88. The molecular formula is C64H78Cl2N10O8S2. The van der Waals surface area contributed by atoms with Crippen LogP contribution in [0.25, 0.3) is 0 Å². The second-order valence-corrected chi connectivity index (χ2v) is 28.3. The molecule has 2 aromatic heterocycles. The van der Waals surface area contributed by atoms with E-state index in [-0.39, 0.29) is 62.4 Å². The summed E-state index contributed by atoms with van der Waals surface area (Å²) in [6, 6.07) is 31.4. The molecule has 5 aromatic carbocycles. The summed E-state index contributed by atoms with van der Waals surface area (Å²) in [6.45, 7) is 22.2. The Bertz CT molecular complexity index is 3710. The van der Waals surface area contributed by atoms with Gasteiger partial charge in [0.05, 0.1) is 67.6 Å². The van der Waals surface area contributed by atoms with Gasteiger partial charge in [0.1, 0.15) is 28.2 Å². The number of aryl methyl sites for hydroxylation is 2. The number of sulfone groups is 2. The number of anilines is 8. The van der Waals surface area contributed by atoms with Crippen molar-refractivity contribution in [3.8, 4) is 11.5 Å². The number of aromatic nitrogens is 4. The van der Waals surface area contributed by atoms with Crippen molar-refractivity contribution < 1.29 is 35.8 Å². The van der Waals surface area contributed by atoms with Gasteiger partial charge in [0.2, 0.25) is 11.9 Å². The van der Waals surface area contributed by atoms with Gasteiger partial charge in [-0.1, -0.05) is 77.8 Å². The molecule has 2 fully saturated rings. The zero-order valence-corrected chi connectivity index (χ0v) is 53.5. The van der Waals surface area contributed by atoms with E-state index in [4.69, 9.17) is 37.4 Å². The number of hydrogen-bond acceptors (Lipinski definition) is 17. The number of benzene rings is 5. The lowest BCUT2D eigenvalue weighted by atomic mass is 9.86. The molecule has 458 valence electrons. The molecule has 7 aromatic rings. The fourth-order valence-electron chi connectivity index (χ4n) is 10.2. The first-order valence-corrected chi connectivity index (χ1v) is 32.9. The van der Waals surface area contributed by atoms with Crippen LogP contribution in [0.2, 0.25) is 10.0 Å². The van der Waals surface area contributed by atoms with Crippen LogP contribution in [0.15, 0.2) is 125 Å². The van der Waals surface area contributed by atoms with Gasteiger partial charge >= 0.3 is 6.09 Å². The number of nitrogens with one attached hydrogen (secondary N) is 5. The Hall–Kier alpha value is -7.23. The summed E-state index contributed by atoms with van der Waals surface area (Å²) in [7, 11) is -7.08. The van der Waals surface area contributed by atoms with Gasteiger partial charge in [0.15, 0.2) is 31.3 Å². The molecule has 0 saturated carbocycles. The molecule has 22 heteroatoms. The molecule has 2 aliphatic rings. The highest BCUT2D eigenvalue weighted by atomic mass is 35.5. The number of ether oxygens (including phenoxy) is 3. The van der Waals surface area contributed by atoms with Crippen molar-refractivity contribution >= 4 is 95.3 Å². The fraction of sp³-hybridized carbons (Fsp3) is 0.391. The Morgan fingerprint density at radius 3 is 1.43 bits per heavy atom. The van der Waals surface area contributed by atoms with Crippen molar-refractivity contribution in [1.82, 2.24) is 30.2 Å². The van der Waals surface area contributed by atoms with E-state index in [1.165, 1.54) is 23.5 Å². The van der Waals surface area contributed by atoms with E-state index in [0.717, 1.165) is 66.9 Å². The van der Waals surface area contributed by atoms with E-state index in [1.807, 2.05) is 64.1 Å². The molecule has 2 aliphatic heterocycles. The Labute approximate surface area is 516 Å². The molecule has 18 nitrogen and oxygen atoms in total. The van der Waals surface area contributed by atoms with Crippen LogP contribution in [-0.2, 0) is 31.0 Å². The number of nitrogens with zero attached hydrogens (tertiary/aromatic N) is 5. The maximum Gasteiger partial charge on any atom is 0.410 e. The Morgan fingerprint density at radius 1 is 0.581 bits per heavy atom. The zero-order valence-electron chi connectivity index (χ0n) is 50.4. The monoisotopic (exact) mass is 1250 g/mol. The summed E-state index contributed by atoms with van der Waals surface area (Å²) in [6.07, 6.45) is 6.35. The predicted molar refractivity (Wildman–Crippen MR) is 344 cm³/mol. The highest BCUT2D eigenvalue weighted by Gasteiger charge is 2.29. The summed E-state index contributed by atoms with van der Waals surface area (Å²) < 4.78 is 69.8. The van der Waals surface area contributed by atoms with Gasteiger partial charge in [-0.15, -0.1) is 0 Å². The van der Waals surface area contributed by atoms with Gasteiger partial charge in [-0.25, -0.2) is 31.6 Å². The van der Waals surface area contributed by atoms with Crippen LogP contribution in [0.1, 0.15) is 121 Å². The van der Waals surface area contributed by atoms with E-state index in [0.29, 0.717) is 53.6 Å². The smallest absolute Gasteiger partial charge is 0.410 e. The number of carbonyl (C=O) groups is 1. The number of amides is 1. The normalized spacial score (nSPS) is 14.2. The molecular weight excluding hydrogens is 1170 g/mol. The minimum Gasteiger partial charge on any atom is -0.489 e. The summed E-state index contributed by atoms with van der Waals surface area (Å²) in [5.74, 6) is 3.25. The van der Waals surface area contributed by atoms with Gasteiger partial charge in [0, 0.05) is 13.1 Å². The topological polar surface area (TPSA) is 228 Å². The quantitative estimate of drug-likeness (QED) is 0.0478. The van der Waals surface area contributed by atoms with E-state index >= 15 is 0 Å². The molecule has 0 atom stereocenters. The number of carbonyl (C=O) groups excluding carboxylic acids is 1. The maximum absolute atomic E-state index is 13.0. The first kappa shape index (κ1) is 64.8. The van der Waals surface area contributed by atoms with Crippen molar-refractivity contribution in [3.63, 3.8) is 0 Å². The number of halogens is 2. The van der Waals surface area contributed by atoms with E-state index in [2.05, 4.69) is 78.6 Å². The van der Waals surface area contributed by atoms with Crippen LogP contribution >= 0.6 is 23.2 Å². The lowest BCUT2D eigenvalue weighted by Gasteiger charge is -2.32. The lowest BCUT2D eigenvalue weighted by molar-refractivity contribution is 0.0869. The van der Waals surface area contributed by atoms with Crippen molar-refractivity contribution in [3.05, 3.63) is 153 Å². The van der Waals surface area contributed by atoms with Crippen LogP contribution in [-0.4, -0.2) is 96.7 Å². The first-order valence-electron chi connectivity index (χ1n) is 29.1. The second-order valence-electron chi connectivity index (χ2n) is 22.5. The molecule has 86 heavy (non-hydrogen) atoms. The van der Waals surface area contributed by atoms with E-state index in [9.17, 15) is 21.6 Å². The van der Waals surface area contributed by atoms with E-state index < -0.39 is 30.2 Å². The van der Waals surface area contributed by atoms with Gasteiger partial charge in [-0.05, 0) is 196 Å². The number of rotatable bonds is 20. The zero-order chi connectivity index (χ0) is 61.9. The Balaban J connectivity index is 0.000000230. The highest BCUT2D eigenvalue weighted by Crippen LogP contribution is 2.41. The van der Waals surface area contributed by atoms with Crippen LogP contribution < -0.4 is 36.1 Å². The van der Waals surface area contributed by atoms with Crippen molar-refractivity contribution in [2.45, 2.75) is 146 Å². The number of para-hydroxylation sites is 2. The molecule has 0 radical (unpaired) electrons. The van der Waals surface area contributed by atoms with Crippen LogP contribution in [0.3, 0.4) is 0 Å². The van der Waals surface area contributed by atoms with Gasteiger partial charge in [-0.3, -0.25) is 0 Å². The summed E-state index contributed by atoms with van der Waals surface area (Å²) >= 11 is 12.9. The average Bonchev–Trinajstić information content (AvgIpc) is 3.61. The van der Waals surface area contributed by atoms with E-state index in [1.54, 1.807) is 81.1 Å². The van der Waals surface area contributed by atoms with Gasteiger partial charge < -0.3 is 45.7 Å². The minimum absolute atomic E-state index is 0.0121. The van der Waals surface area contributed by atoms with Crippen LogP contribution in [0, 0.1) is 13.8 Å². The third-order valence-electron chi connectivity index (χ3n) is 14.8. The molecule has 9 rings (SSSR count). The van der Waals surface area contributed by atoms with Crippen molar-refractivity contribution in [2.75, 3.05) is 47.4 Å². The molecule has 4 heterocycles. The van der Waals surface area contributed by atoms with Gasteiger partial charge in [-0.2, -0.15) is 9.97 Å². The largest absolute Gasteiger partial charge is 0.489 e. The van der Waals surface area contributed by atoms with Crippen LogP contribution in [0.4, 0.5) is 51.1 Å². The average molecular weight is 1250 g/mol. The Morgan fingerprint density at radius 2 is 1.00 bits per heavy atom. The maximum atomic E-state index is 13.0. The molecule has 5 N–H and O–H groups in total. The van der Waals surface area contributed by atoms with Crippen molar-refractivity contribution in [1.29, 1.82) is 0 Å². The summed E-state index contributed by atoms with van der Waals surface area (Å²) in [5, 5.41) is 15.5. The van der Waals surface area contributed by atoms with Gasteiger partial charge in [0.25, 0.3) is 0 Å². The molecule has 1 amide bonds. The van der Waals surface area contributed by atoms with Crippen molar-refractivity contribution in [2.24, 2.45) is 0 Å². The third kappa shape index (κ3) is 16.4. The number of likely N-dealkylation sites (tertiary alicyclic amines) is 1. The predicted octanol–water partition coefficient (Wildman–Crippen LogP) is 14.8. The lowest BCUT2D eigenvalue weighted by Crippen LogP contribution is -2.38. The number of piperidine rings is 2. The molecule has 0 unspecified atom stereocenters. The number of hydrogen-bond donors (Lipinski definition) is 5. The third-order valence-corrected chi connectivity index (χ3v) is 19.7. The Kier molecular flexibility index (Phi) is 21.8. The fourth-order valence-corrected chi connectivity index (χ4v) is 12.9. The molecule has 0 bridgehead atoms. The highest BCUT2D eigenvalue weighted by molar-refractivity contribution is 7.92. The standard InChI is InChI=1S/C36H42ClN5O5S.C28H36ClN5O3S/c1-23(2)47-32-20-28(27-15-17-42(18-16-27)36(43)46-22-26-11-7-6-8-12-26)25(5)19-31(32)40-35-38-21-29(37)34(41-35)39-30-13-9-10-14-33(30)48(44,45)24(3)4;1-17(2)37-25-15-21(20-10-12-30-13-11-20)19(5)14-24(25)33-28-31-16-22(29)27(34-28)32-23-8-6-7-9-26(23)38(35,36)18(3)4/h6-14,19-21,23-24,27H,15-18,22H2,1-5H3,(H2,38,39,40,41);6-9,14-18,20,30H,10-13H2,1-5H3,(H2,31,32,33,34). The molecule has 2 saturated heterocycles. The summed E-state index contributed by atoms with van der Waals surface area (Å²) in [4.78, 5) is 32.8. The van der Waals surface area contributed by atoms with Crippen LogP contribution in [0.5, 0.6) is 11.5 Å². The second kappa shape index (κ2) is 29.0.